The van der Waals surface area contributed by atoms with Crippen LogP contribution < -0.4 is 16.7 Å². The van der Waals surface area contributed by atoms with Gasteiger partial charge in [-0.05, 0) is 24.6 Å². The van der Waals surface area contributed by atoms with Crippen molar-refractivity contribution in [1.82, 2.24) is 24.1 Å². The van der Waals surface area contributed by atoms with Crippen molar-refractivity contribution in [2.24, 2.45) is 19.2 Å². The maximum absolute atomic E-state index is 13.0. The molecular formula is C17H17FN6O3. The van der Waals surface area contributed by atoms with Crippen LogP contribution in [0.4, 0.5) is 4.39 Å². The Labute approximate surface area is 152 Å². The first-order valence-corrected chi connectivity index (χ1v) is 7.99. The Morgan fingerprint density at radius 1 is 1.19 bits per heavy atom. The number of nitrogens with zero attached hydrogens (tertiary/aromatic N) is 5. The molecule has 2 aromatic heterocycles. The highest BCUT2D eigenvalue weighted by molar-refractivity contribution is 5.99. The summed E-state index contributed by atoms with van der Waals surface area (Å²) in [5.41, 5.74) is 2.85. The van der Waals surface area contributed by atoms with Crippen molar-refractivity contribution < 1.29 is 9.18 Å². The normalized spacial score (nSPS) is 11.8. The highest BCUT2D eigenvalue weighted by Crippen LogP contribution is 2.06. The van der Waals surface area contributed by atoms with Gasteiger partial charge in [0.2, 0.25) is 0 Å². The summed E-state index contributed by atoms with van der Waals surface area (Å²) in [6.07, 6.45) is 1.32. The van der Waals surface area contributed by atoms with Crippen LogP contribution in [0.15, 0.2) is 45.3 Å². The third-order valence-electron chi connectivity index (χ3n) is 4.14. The van der Waals surface area contributed by atoms with Crippen molar-refractivity contribution in [1.29, 1.82) is 0 Å². The van der Waals surface area contributed by atoms with E-state index in [2.05, 4.69) is 15.5 Å². The number of aryl methyl sites for hydroxylation is 1. The number of carbonyl (C=O) groups is 1. The molecule has 0 fully saturated rings. The van der Waals surface area contributed by atoms with Gasteiger partial charge in [-0.15, -0.1) is 0 Å². The lowest BCUT2D eigenvalue weighted by atomic mass is 10.1. The first-order chi connectivity index (χ1) is 12.8. The van der Waals surface area contributed by atoms with Crippen molar-refractivity contribution >= 4 is 22.8 Å². The summed E-state index contributed by atoms with van der Waals surface area (Å²) in [5, 5.41) is 3.98. The van der Waals surface area contributed by atoms with Crippen molar-refractivity contribution in [2.75, 3.05) is 0 Å². The number of benzene rings is 1. The Kier molecular flexibility index (Phi) is 4.72. The molecule has 10 heteroatoms. The highest BCUT2D eigenvalue weighted by Gasteiger charge is 2.15. The maximum atomic E-state index is 13.0. The number of hydrogen-bond acceptors (Lipinski definition) is 5. The number of rotatable bonds is 4. The molecule has 0 aliphatic heterocycles. The van der Waals surface area contributed by atoms with E-state index in [0.717, 1.165) is 4.57 Å². The minimum absolute atomic E-state index is 0.147. The minimum Gasteiger partial charge on any atom is -0.315 e. The Bertz CT molecular complexity index is 1170. The number of carbonyl (C=O) groups excluding carboxylic acids is 1. The molecule has 0 spiro atoms. The molecule has 1 N–H and O–H groups in total. The Morgan fingerprint density at radius 3 is 2.52 bits per heavy atom. The fourth-order valence-corrected chi connectivity index (χ4v) is 2.61. The van der Waals surface area contributed by atoms with Gasteiger partial charge in [0.05, 0.1) is 12.0 Å². The van der Waals surface area contributed by atoms with Gasteiger partial charge in [-0.25, -0.2) is 19.6 Å². The van der Waals surface area contributed by atoms with Gasteiger partial charge in [-0.1, -0.05) is 12.1 Å². The summed E-state index contributed by atoms with van der Waals surface area (Å²) in [7, 11) is 2.86. The van der Waals surface area contributed by atoms with E-state index in [9.17, 15) is 18.8 Å². The van der Waals surface area contributed by atoms with Crippen LogP contribution in [0.1, 0.15) is 12.5 Å². The predicted molar refractivity (Wildman–Crippen MR) is 97.0 cm³/mol. The van der Waals surface area contributed by atoms with Crippen LogP contribution in [0.25, 0.3) is 11.2 Å². The van der Waals surface area contributed by atoms with Crippen LogP contribution in [-0.2, 0) is 25.4 Å². The predicted octanol–water partition coefficient (Wildman–Crippen LogP) is 0.113. The van der Waals surface area contributed by atoms with E-state index in [4.69, 9.17) is 0 Å². The minimum atomic E-state index is -0.538. The van der Waals surface area contributed by atoms with E-state index in [-0.39, 0.29) is 23.5 Å². The van der Waals surface area contributed by atoms with Crippen molar-refractivity contribution in [2.45, 2.75) is 13.5 Å². The molecule has 1 aromatic carbocycles. The maximum Gasteiger partial charge on any atom is 0.332 e. The van der Waals surface area contributed by atoms with Gasteiger partial charge in [0.25, 0.3) is 11.5 Å². The molecule has 27 heavy (non-hydrogen) atoms. The molecule has 1 amide bonds. The lowest BCUT2D eigenvalue weighted by Crippen LogP contribution is -2.38. The SMILES string of the molecule is C/C(=N/NC(=O)Cn1cnc2c1c(=O)n(C)c(=O)n2C)c1ccc(F)cc1. The number of halogens is 1. The molecule has 0 aliphatic rings. The molecular weight excluding hydrogens is 355 g/mol. The van der Waals surface area contributed by atoms with E-state index in [1.54, 1.807) is 19.1 Å². The molecule has 0 unspecified atom stereocenters. The van der Waals surface area contributed by atoms with Gasteiger partial charge >= 0.3 is 5.69 Å². The second kappa shape index (κ2) is 6.98. The molecule has 0 saturated heterocycles. The fourth-order valence-electron chi connectivity index (χ4n) is 2.61. The average molecular weight is 372 g/mol. The van der Waals surface area contributed by atoms with Crippen LogP contribution >= 0.6 is 0 Å². The van der Waals surface area contributed by atoms with E-state index in [0.29, 0.717) is 11.3 Å². The Hall–Kier alpha value is -3.56. The summed E-state index contributed by atoms with van der Waals surface area (Å²) in [5.74, 6) is -0.842. The lowest BCUT2D eigenvalue weighted by Gasteiger charge is -2.06. The summed E-state index contributed by atoms with van der Waals surface area (Å²) >= 11 is 0. The first kappa shape index (κ1) is 18.2. The number of imidazole rings is 1. The average Bonchev–Trinajstić information content (AvgIpc) is 3.07. The first-order valence-electron chi connectivity index (χ1n) is 7.99. The molecule has 3 rings (SSSR count). The van der Waals surface area contributed by atoms with Crippen molar-refractivity contribution in [3.8, 4) is 0 Å². The second-order valence-electron chi connectivity index (χ2n) is 5.99. The molecule has 2 heterocycles. The zero-order valence-electron chi connectivity index (χ0n) is 14.9. The van der Waals surface area contributed by atoms with Gasteiger partial charge < -0.3 is 4.57 Å². The molecule has 0 bridgehead atoms. The van der Waals surface area contributed by atoms with Crippen molar-refractivity contribution in [3.05, 3.63) is 62.8 Å². The summed E-state index contributed by atoms with van der Waals surface area (Å²) in [6, 6.07) is 5.70. The number of amides is 1. The van der Waals surface area contributed by atoms with Gasteiger partial charge in [0, 0.05) is 14.1 Å². The third kappa shape index (κ3) is 3.41. The smallest absolute Gasteiger partial charge is 0.315 e. The van der Waals surface area contributed by atoms with Gasteiger partial charge in [-0.3, -0.25) is 18.7 Å². The van der Waals surface area contributed by atoms with Gasteiger partial charge in [0.1, 0.15) is 12.4 Å². The zero-order chi connectivity index (χ0) is 19.7. The van der Waals surface area contributed by atoms with E-state index in [1.807, 2.05) is 0 Å². The number of aromatic nitrogens is 4. The van der Waals surface area contributed by atoms with Crippen LogP contribution in [0.3, 0.4) is 0 Å². The number of fused-ring (bicyclic) bond motifs is 1. The van der Waals surface area contributed by atoms with Crippen molar-refractivity contribution in [3.63, 3.8) is 0 Å². The topological polar surface area (TPSA) is 103 Å². The standard InChI is InChI=1S/C17H17FN6O3/c1-10(11-4-6-12(18)7-5-11)20-21-13(25)8-24-9-19-15-14(24)16(26)23(3)17(27)22(15)2/h4-7,9H,8H2,1-3H3,(H,21,25)/b20-10-. The van der Waals surface area contributed by atoms with E-state index >= 15 is 0 Å². The van der Waals surface area contributed by atoms with Gasteiger partial charge in [-0.2, -0.15) is 5.10 Å². The summed E-state index contributed by atoms with van der Waals surface area (Å²) in [6.45, 7) is 1.47. The van der Waals surface area contributed by atoms with Gasteiger partial charge in [0.15, 0.2) is 11.2 Å². The monoisotopic (exact) mass is 372 g/mol. The number of hydrazone groups is 1. The molecule has 0 atom stereocenters. The lowest BCUT2D eigenvalue weighted by molar-refractivity contribution is -0.121. The van der Waals surface area contributed by atoms with Crippen LogP contribution in [0.2, 0.25) is 0 Å². The van der Waals surface area contributed by atoms with E-state index in [1.165, 1.54) is 41.7 Å². The Balaban J connectivity index is 1.83. The zero-order valence-corrected chi connectivity index (χ0v) is 14.9. The fraction of sp³-hybridized carbons (Fsp3) is 0.235. The Morgan fingerprint density at radius 2 is 1.85 bits per heavy atom. The molecule has 0 saturated carbocycles. The second-order valence-corrected chi connectivity index (χ2v) is 5.99. The molecule has 9 nitrogen and oxygen atoms in total. The summed E-state index contributed by atoms with van der Waals surface area (Å²) in [4.78, 5) is 40.5. The van der Waals surface area contributed by atoms with E-state index < -0.39 is 17.2 Å². The quantitative estimate of drug-likeness (QED) is 0.519. The number of hydrogen-bond donors (Lipinski definition) is 1. The van der Waals surface area contributed by atoms with Crippen LogP contribution in [0, 0.1) is 5.82 Å². The largest absolute Gasteiger partial charge is 0.332 e. The number of nitrogens with one attached hydrogen (secondary N) is 1. The molecule has 140 valence electrons. The third-order valence-corrected chi connectivity index (χ3v) is 4.14. The molecule has 0 aliphatic carbocycles. The van der Waals surface area contributed by atoms with Crippen LogP contribution in [0.5, 0.6) is 0 Å². The molecule has 3 aromatic rings. The summed E-state index contributed by atoms with van der Waals surface area (Å²) < 4.78 is 16.5. The van der Waals surface area contributed by atoms with Crippen LogP contribution in [-0.4, -0.2) is 30.3 Å². The molecule has 0 radical (unpaired) electrons. The highest BCUT2D eigenvalue weighted by atomic mass is 19.1.